The van der Waals surface area contributed by atoms with Crippen LogP contribution in [0.25, 0.3) is 0 Å². The van der Waals surface area contributed by atoms with Crippen LogP contribution >= 0.6 is 34.8 Å². The number of sulfonamides is 2. The van der Waals surface area contributed by atoms with Gasteiger partial charge in [0.25, 0.3) is 0 Å². The highest BCUT2D eigenvalue weighted by molar-refractivity contribution is 7.89. The third-order valence-corrected chi connectivity index (χ3v) is 14.1. The fourth-order valence-corrected chi connectivity index (χ4v) is 10.4. The van der Waals surface area contributed by atoms with Gasteiger partial charge in [0.1, 0.15) is 0 Å². The maximum Gasteiger partial charge on any atom is 0.306 e. The predicted octanol–water partition coefficient (Wildman–Crippen LogP) is 6.67. The Bertz CT molecular complexity index is 1590. The number of hydrogen-bond donors (Lipinski definition) is 2. The van der Waals surface area contributed by atoms with Gasteiger partial charge in [0.2, 0.25) is 20.0 Å². The molecule has 1 aliphatic carbocycles. The van der Waals surface area contributed by atoms with Crippen molar-refractivity contribution in [2.75, 3.05) is 31.1 Å². The van der Waals surface area contributed by atoms with Gasteiger partial charge in [0, 0.05) is 32.2 Å². The molecule has 2 aliphatic heterocycles. The van der Waals surface area contributed by atoms with Gasteiger partial charge < -0.3 is 10.0 Å². The molecule has 5 rings (SSSR count). The summed E-state index contributed by atoms with van der Waals surface area (Å²) in [6, 6.07) is 8.86. The number of rotatable bonds is 11. The molecule has 2 heterocycles. The van der Waals surface area contributed by atoms with Gasteiger partial charge in [-0.25, -0.2) is 21.6 Å². The first kappa shape index (κ1) is 34.7. The molecule has 0 aromatic heterocycles. The van der Waals surface area contributed by atoms with Crippen molar-refractivity contribution in [2.24, 2.45) is 17.8 Å². The summed E-state index contributed by atoms with van der Waals surface area (Å²) in [5, 5.41) is 10.2. The number of carboxylic acid groups (broad SMARTS) is 1. The van der Waals surface area contributed by atoms with Crippen LogP contribution in [0.5, 0.6) is 0 Å². The molecule has 45 heavy (non-hydrogen) atoms. The molecule has 2 saturated heterocycles. The average Bonchev–Trinajstić information content (AvgIpc) is 3.47. The van der Waals surface area contributed by atoms with Crippen molar-refractivity contribution in [2.45, 2.75) is 80.0 Å². The van der Waals surface area contributed by atoms with E-state index in [1.54, 1.807) is 16.4 Å². The Morgan fingerprint density at radius 3 is 1.96 bits per heavy atom. The normalized spacial score (nSPS) is 22.6. The lowest BCUT2D eigenvalue weighted by Gasteiger charge is -2.35. The Hall–Kier alpha value is -1.60. The van der Waals surface area contributed by atoms with Gasteiger partial charge in [0.15, 0.2) is 0 Å². The maximum absolute atomic E-state index is 13.0. The van der Waals surface area contributed by atoms with Crippen LogP contribution in [-0.4, -0.2) is 64.4 Å². The van der Waals surface area contributed by atoms with Gasteiger partial charge in [-0.15, -0.1) is 0 Å². The predicted molar refractivity (Wildman–Crippen MR) is 177 cm³/mol. The number of nitrogens with one attached hydrogen (secondary N) is 1. The van der Waals surface area contributed by atoms with Crippen LogP contribution in [-0.2, 0) is 24.8 Å². The number of halogens is 3. The third kappa shape index (κ3) is 8.47. The van der Waals surface area contributed by atoms with Gasteiger partial charge in [-0.05, 0) is 93.2 Å². The van der Waals surface area contributed by atoms with Crippen molar-refractivity contribution in [3.63, 3.8) is 0 Å². The summed E-state index contributed by atoms with van der Waals surface area (Å²) in [4.78, 5) is 13.7. The minimum Gasteiger partial charge on any atom is -0.481 e. The number of carbonyl (C=O) groups is 1. The molecule has 2 atom stereocenters. The molecule has 14 heteroatoms. The van der Waals surface area contributed by atoms with Crippen LogP contribution in [0, 0.1) is 17.8 Å². The third-order valence-electron chi connectivity index (χ3n) is 9.62. The number of hydrogen-bond acceptors (Lipinski definition) is 6. The molecular weight excluding hydrogens is 681 g/mol. The summed E-state index contributed by atoms with van der Waals surface area (Å²) in [7, 11) is -7.39. The molecule has 2 unspecified atom stereocenters. The molecule has 2 N–H and O–H groups in total. The second-order valence-electron chi connectivity index (χ2n) is 12.6. The fraction of sp³-hybridized carbons (Fsp3) is 0.581. The molecule has 0 amide bonds. The van der Waals surface area contributed by atoms with Gasteiger partial charge >= 0.3 is 5.97 Å². The molecule has 1 saturated carbocycles. The highest BCUT2D eigenvalue weighted by atomic mass is 35.5. The van der Waals surface area contributed by atoms with E-state index in [-0.39, 0.29) is 14.8 Å². The van der Waals surface area contributed by atoms with Crippen LogP contribution in [0.3, 0.4) is 0 Å². The van der Waals surface area contributed by atoms with Crippen molar-refractivity contribution in [1.29, 1.82) is 0 Å². The molecule has 2 aromatic carbocycles. The molecule has 9 nitrogen and oxygen atoms in total. The molecule has 2 aromatic rings. The maximum atomic E-state index is 13.0. The van der Waals surface area contributed by atoms with Crippen LogP contribution in [0.4, 0.5) is 5.69 Å². The lowest BCUT2D eigenvalue weighted by molar-refractivity contribution is -0.141. The van der Waals surface area contributed by atoms with Crippen LogP contribution in [0.2, 0.25) is 15.1 Å². The first-order valence-electron chi connectivity index (χ1n) is 15.6. The SMILES string of the molecule is O=C(O)C1CCC(NS(=O)(=O)c2ccc(N3CCC(CCCC4CCN(S(=O)(=O)c5ccc(Cl)c(Cl)c5)CC4)CC3)c(Cl)c2)C1. The van der Waals surface area contributed by atoms with Crippen molar-refractivity contribution in [3.05, 3.63) is 51.5 Å². The lowest BCUT2D eigenvalue weighted by atomic mass is 9.87. The largest absolute Gasteiger partial charge is 0.481 e. The zero-order chi connectivity index (χ0) is 32.4. The van der Waals surface area contributed by atoms with E-state index in [0.717, 1.165) is 63.7 Å². The minimum absolute atomic E-state index is 0.0859. The molecule has 0 spiro atoms. The van der Waals surface area contributed by atoms with Gasteiger partial charge in [0.05, 0.1) is 36.5 Å². The summed E-state index contributed by atoms with van der Waals surface area (Å²) < 4.78 is 56.2. The number of anilines is 1. The number of aliphatic carboxylic acids is 1. The van der Waals surface area contributed by atoms with Crippen molar-refractivity contribution < 1.29 is 26.7 Å². The van der Waals surface area contributed by atoms with Gasteiger partial charge in [-0.3, -0.25) is 4.79 Å². The van der Waals surface area contributed by atoms with Crippen LogP contribution < -0.4 is 9.62 Å². The van der Waals surface area contributed by atoms with E-state index >= 15 is 0 Å². The number of carboxylic acids is 1. The summed E-state index contributed by atoms with van der Waals surface area (Å²) >= 11 is 18.6. The Morgan fingerprint density at radius 1 is 0.778 bits per heavy atom. The highest BCUT2D eigenvalue weighted by Gasteiger charge is 2.33. The first-order valence-corrected chi connectivity index (χ1v) is 19.6. The Kier molecular flexibility index (Phi) is 11.3. The highest BCUT2D eigenvalue weighted by Crippen LogP contribution is 2.35. The number of nitrogens with zero attached hydrogens (tertiary/aromatic N) is 2. The van der Waals surface area contributed by atoms with Gasteiger partial charge in [-0.2, -0.15) is 4.31 Å². The standard InChI is InChI=1S/C31H40Cl3N3O6S2/c32-27-8-6-26(20-28(27)33)45(42,43)37-16-12-22(13-17-37)3-1-2-21-10-14-36(15-11-21)30-9-7-25(19-29(30)34)44(40,41)35-24-5-4-23(18-24)31(38)39/h6-9,19-24,35H,1-5,10-18H2,(H,38,39). The van der Waals surface area contributed by atoms with Crippen molar-refractivity contribution in [1.82, 2.24) is 9.03 Å². The van der Waals surface area contributed by atoms with E-state index in [2.05, 4.69) is 9.62 Å². The topological polar surface area (TPSA) is 124 Å². The molecular formula is C31H40Cl3N3O6S2. The quantitative estimate of drug-likeness (QED) is 0.266. The van der Waals surface area contributed by atoms with E-state index in [1.807, 2.05) is 0 Å². The van der Waals surface area contributed by atoms with Gasteiger partial charge in [-0.1, -0.05) is 54.1 Å². The Balaban J connectivity index is 1.04. The van der Waals surface area contributed by atoms with E-state index in [1.165, 1.54) is 24.3 Å². The number of piperidine rings is 2. The molecule has 0 bridgehead atoms. The second-order valence-corrected chi connectivity index (χ2v) is 17.4. The second kappa shape index (κ2) is 14.7. The minimum atomic E-state index is -3.81. The molecule has 248 valence electrons. The number of benzene rings is 2. The monoisotopic (exact) mass is 719 g/mol. The van der Waals surface area contributed by atoms with Crippen LogP contribution in [0.15, 0.2) is 46.2 Å². The average molecular weight is 721 g/mol. The Morgan fingerprint density at radius 2 is 1.38 bits per heavy atom. The molecule has 3 aliphatic rings. The van der Waals surface area contributed by atoms with E-state index in [4.69, 9.17) is 34.8 Å². The molecule has 0 radical (unpaired) electrons. The van der Waals surface area contributed by atoms with E-state index in [9.17, 15) is 26.7 Å². The fourth-order valence-electron chi connectivity index (χ4n) is 6.89. The summed E-state index contributed by atoms with van der Waals surface area (Å²) in [5.41, 5.74) is 0.823. The summed E-state index contributed by atoms with van der Waals surface area (Å²) in [5.74, 6) is -0.278. The summed E-state index contributed by atoms with van der Waals surface area (Å²) in [6.07, 6.45) is 8.36. The van der Waals surface area contributed by atoms with E-state index < -0.39 is 38.0 Å². The zero-order valence-corrected chi connectivity index (χ0v) is 28.9. The smallest absolute Gasteiger partial charge is 0.306 e. The summed E-state index contributed by atoms with van der Waals surface area (Å²) in [6.45, 7) is 2.71. The van der Waals surface area contributed by atoms with Crippen molar-refractivity contribution >= 4 is 66.5 Å². The lowest BCUT2D eigenvalue weighted by Crippen LogP contribution is -2.38. The first-order chi connectivity index (χ1) is 21.3. The Labute approximate surface area is 281 Å². The van der Waals surface area contributed by atoms with Crippen LogP contribution in [0.1, 0.15) is 64.2 Å². The van der Waals surface area contributed by atoms with E-state index in [0.29, 0.717) is 54.2 Å². The molecule has 3 fully saturated rings. The van der Waals surface area contributed by atoms with Crippen molar-refractivity contribution in [3.8, 4) is 0 Å². The zero-order valence-electron chi connectivity index (χ0n) is 25.0.